The summed E-state index contributed by atoms with van der Waals surface area (Å²) >= 11 is 0. The van der Waals surface area contributed by atoms with Crippen molar-refractivity contribution in [3.05, 3.63) is 54.1 Å². The van der Waals surface area contributed by atoms with Crippen LogP contribution in [0.4, 0.5) is 0 Å². The maximum atomic E-state index is 10.7. The Morgan fingerprint density at radius 2 is 2.20 bits per heavy atom. The third-order valence-corrected chi connectivity index (χ3v) is 2.58. The molecule has 0 aliphatic carbocycles. The molecule has 3 heterocycles. The molecule has 7 nitrogen and oxygen atoms in total. The van der Waals surface area contributed by atoms with Crippen molar-refractivity contribution in [1.29, 1.82) is 0 Å². The standard InChI is InChI=1S/C13H9N3O4/c17-13(18)11-7-19-12(15-11)6-8-5-10(16-20-8)9-3-1-2-4-14-9/h1-5,7H,6H2,(H,17,18). The van der Waals surface area contributed by atoms with E-state index < -0.39 is 5.97 Å². The first-order valence-electron chi connectivity index (χ1n) is 5.77. The molecule has 0 atom stereocenters. The summed E-state index contributed by atoms with van der Waals surface area (Å²) in [6, 6.07) is 7.19. The van der Waals surface area contributed by atoms with Crippen molar-refractivity contribution in [3.8, 4) is 11.4 Å². The molecule has 0 aromatic carbocycles. The number of aromatic nitrogens is 3. The van der Waals surface area contributed by atoms with Crippen LogP contribution in [-0.4, -0.2) is 26.2 Å². The second kappa shape index (κ2) is 4.96. The molecular weight excluding hydrogens is 262 g/mol. The summed E-state index contributed by atoms with van der Waals surface area (Å²) in [5, 5.41) is 12.7. The van der Waals surface area contributed by atoms with Crippen molar-refractivity contribution in [1.82, 2.24) is 15.1 Å². The number of hydrogen-bond donors (Lipinski definition) is 1. The van der Waals surface area contributed by atoms with Gasteiger partial charge in [-0.2, -0.15) is 0 Å². The SMILES string of the molecule is O=C(O)c1coc(Cc2cc(-c3ccccn3)no2)n1. The second-order valence-electron chi connectivity index (χ2n) is 4.00. The van der Waals surface area contributed by atoms with E-state index in [-0.39, 0.29) is 18.0 Å². The van der Waals surface area contributed by atoms with Crippen LogP contribution in [0.1, 0.15) is 22.1 Å². The molecule has 0 aliphatic heterocycles. The molecule has 3 aromatic rings. The van der Waals surface area contributed by atoms with E-state index in [0.29, 0.717) is 17.1 Å². The van der Waals surface area contributed by atoms with E-state index in [4.69, 9.17) is 14.0 Å². The Morgan fingerprint density at radius 3 is 2.90 bits per heavy atom. The first-order chi connectivity index (χ1) is 9.72. The number of nitrogens with zero attached hydrogens (tertiary/aromatic N) is 3. The van der Waals surface area contributed by atoms with E-state index in [1.807, 2.05) is 18.2 Å². The number of hydrogen-bond acceptors (Lipinski definition) is 6. The Labute approximate surface area is 112 Å². The van der Waals surface area contributed by atoms with Gasteiger partial charge in [0.05, 0.1) is 12.1 Å². The van der Waals surface area contributed by atoms with E-state index >= 15 is 0 Å². The molecule has 0 fully saturated rings. The molecule has 0 bridgehead atoms. The van der Waals surface area contributed by atoms with Gasteiger partial charge in [0.15, 0.2) is 5.69 Å². The van der Waals surface area contributed by atoms with Crippen molar-refractivity contribution in [2.24, 2.45) is 0 Å². The van der Waals surface area contributed by atoms with Gasteiger partial charge in [-0.25, -0.2) is 9.78 Å². The zero-order valence-electron chi connectivity index (χ0n) is 10.2. The van der Waals surface area contributed by atoms with Gasteiger partial charge in [-0.3, -0.25) is 4.98 Å². The Bertz CT molecular complexity index is 733. The minimum Gasteiger partial charge on any atom is -0.476 e. The highest BCUT2D eigenvalue weighted by Gasteiger charge is 2.14. The number of oxazole rings is 1. The molecule has 0 saturated carbocycles. The number of rotatable bonds is 4. The van der Waals surface area contributed by atoms with Crippen LogP contribution in [0.3, 0.4) is 0 Å². The molecule has 100 valence electrons. The normalized spacial score (nSPS) is 10.6. The molecule has 0 radical (unpaired) electrons. The summed E-state index contributed by atoms with van der Waals surface area (Å²) in [6.07, 6.45) is 2.98. The lowest BCUT2D eigenvalue weighted by molar-refractivity contribution is 0.0690. The van der Waals surface area contributed by atoms with E-state index in [2.05, 4.69) is 15.1 Å². The van der Waals surface area contributed by atoms with E-state index in [0.717, 1.165) is 6.26 Å². The highest BCUT2D eigenvalue weighted by atomic mass is 16.5. The lowest BCUT2D eigenvalue weighted by Gasteiger charge is -1.90. The predicted molar refractivity (Wildman–Crippen MR) is 66.0 cm³/mol. The smallest absolute Gasteiger partial charge is 0.357 e. The quantitative estimate of drug-likeness (QED) is 0.774. The summed E-state index contributed by atoms with van der Waals surface area (Å²) in [5.74, 6) is -0.359. The van der Waals surface area contributed by atoms with Gasteiger partial charge in [0.1, 0.15) is 17.7 Å². The predicted octanol–water partition coefficient (Wildman–Crippen LogP) is 2.01. The lowest BCUT2D eigenvalue weighted by atomic mass is 10.2. The summed E-state index contributed by atoms with van der Waals surface area (Å²) in [4.78, 5) is 18.7. The largest absolute Gasteiger partial charge is 0.476 e. The highest BCUT2D eigenvalue weighted by molar-refractivity contribution is 5.84. The van der Waals surface area contributed by atoms with Crippen LogP contribution in [0.2, 0.25) is 0 Å². The van der Waals surface area contributed by atoms with Gasteiger partial charge in [-0.05, 0) is 12.1 Å². The maximum absolute atomic E-state index is 10.7. The number of aromatic carboxylic acids is 1. The maximum Gasteiger partial charge on any atom is 0.357 e. The fraction of sp³-hybridized carbons (Fsp3) is 0.0769. The zero-order chi connectivity index (χ0) is 13.9. The van der Waals surface area contributed by atoms with E-state index in [1.165, 1.54) is 0 Å². The number of carboxylic acid groups (broad SMARTS) is 1. The van der Waals surface area contributed by atoms with Gasteiger partial charge in [-0.15, -0.1) is 0 Å². The van der Waals surface area contributed by atoms with Crippen molar-refractivity contribution < 1.29 is 18.8 Å². The average molecular weight is 271 g/mol. The van der Waals surface area contributed by atoms with Crippen LogP contribution in [0.25, 0.3) is 11.4 Å². The Kier molecular flexibility index (Phi) is 3.00. The van der Waals surface area contributed by atoms with Crippen molar-refractivity contribution in [2.45, 2.75) is 6.42 Å². The van der Waals surface area contributed by atoms with Crippen molar-refractivity contribution in [3.63, 3.8) is 0 Å². The first kappa shape index (κ1) is 12.1. The summed E-state index contributed by atoms with van der Waals surface area (Å²) in [7, 11) is 0. The molecule has 3 rings (SSSR count). The van der Waals surface area contributed by atoms with Gasteiger partial charge in [-0.1, -0.05) is 11.2 Å². The Hall–Kier alpha value is -2.96. The van der Waals surface area contributed by atoms with Crippen molar-refractivity contribution >= 4 is 5.97 Å². The monoisotopic (exact) mass is 271 g/mol. The Balaban J connectivity index is 1.78. The molecule has 0 aliphatic rings. The Morgan fingerprint density at radius 1 is 1.30 bits per heavy atom. The van der Waals surface area contributed by atoms with Crippen LogP contribution in [-0.2, 0) is 6.42 Å². The first-order valence-corrected chi connectivity index (χ1v) is 5.77. The number of carboxylic acids is 1. The van der Waals surface area contributed by atoms with Gasteiger partial charge in [0.2, 0.25) is 5.89 Å². The minimum atomic E-state index is -1.13. The van der Waals surface area contributed by atoms with Gasteiger partial charge >= 0.3 is 5.97 Å². The zero-order valence-corrected chi connectivity index (χ0v) is 10.2. The highest BCUT2D eigenvalue weighted by Crippen LogP contribution is 2.18. The fourth-order valence-electron chi connectivity index (χ4n) is 1.67. The third kappa shape index (κ3) is 2.41. The molecule has 1 N–H and O–H groups in total. The lowest BCUT2D eigenvalue weighted by Crippen LogP contribution is -1.96. The minimum absolute atomic E-state index is 0.135. The molecule has 20 heavy (non-hydrogen) atoms. The van der Waals surface area contributed by atoms with E-state index in [1.54, 1.807) is 12.3 Å². The summed E-state index contributed by atoms with van der Waals surface area (Å²) < 4.78 is 10.2. The number of carbonyl (C=O) groups is 1. The van der Waals surface area contributed by atoms with Crippen LogP contribution >= 0.6 is 0 Å². The molecule has 7 heteroatoms. The average Bonchev–Trinajstić information content (AvgIpc) is 3.10. The fourth-order valence-corrected chi connectivity index (χ4v) is 1.67. The second-order valence-corrected chi connectivity index (χ2v) is 4.00. The molecule has 0 unspecified atom stereocenters. The molecule has 3 aromatic heterocycles. The molecule has 0 spiro atoms. The van der Waals surface area contributed by atoms with Crippen LogP contribution in [0.5, 0.6) is 0 Å². The third-order valence-electron chi connectivity index (χ3n) is 2.58. The van der Waals surface area contributed by atoms with E-state index in [9.17, 15) is 4.79 Å². The summed E-state index contributed by atoms with van der Waals surface area (Å²) in [5.41, 5.74) is 1.16. The molecule has 0 amide bonds. The molecular formula is C13H9N3O4. The summed E-state index contributed by atoms with van der Waals surface area (Å²) in [6.45, 7) is 0. The molecule has 0 saturated heterocycles. The topological polar surface area (TPSA) is 102 Å². The van der Waals surface area contributed by atoms with Gasteiger partial charge < -0.3 is 14.0 Å². The van der Waals surface area contributed by atoms with Crippen molar-refractivity contribution in [2.75, 3.05) is 0 Å². The van der Waals surface area contributed by atoms with Gasteiger partial charge in [0, 0.05) is 12.3 Å². The van der Waals surface area contributed by atoms with Gasteiger partial charge in [0.25, 0.3) is 0 Å². The number of pyridine rings is 1. The van der Waals surface area contributed by atoms with Crippen LogP contribution in [0, 0.1) is 0 Å². The van der Waals surface area contributed by atoms with Crippen LogP contribution in [0.15, 0.2) is 45.7 Å². The van der Waals surface area contributed by atoms with Crippen LogP contribution < -0.4 is 0 Å².